The Morgan fingerprint density at radius 3 is 2.48 bits per heavy atom. The zero-order valence-corrected chi connectivity index (χ0v) is 17.0. The molecule has 2 N–H and O–H groups in total. The minimum absolute atomic E-state index is 0.0332. The van der Waals surface area contributed by atoms with Gasteiger partial charge in [0.2, 0.25) is 0 Å². The van der Waals surface area contributed by atoms with E-state index in [1.165, 1.54) is 28.8 Å². The SMILES string of the molecule is CCC(C)C(C(=O)O)c1c(C)n(C(=O)c2ccc(Cl)c(F)c2)c2ccc(O)cc12. The Balaban J connectivity index is 2.31. The van der Waals surface area contributed by atoms with Crippen LogP contribution in [0.5, 0.6) is 5.75 Å². The van der Waals surface area contributed by atoms with Crippen molar-refractivity contribution in [3.8, 4) is 5.75 Å². The van der Waals surface area contributed by atoms with E-state index in [0.29, 0.717) is 28.6 Å². The third-order valence-electron chi connectivity index (χ3n) is 5.40. The number of carbonyl (C=O) groups excluding carboxylic acids is 1. The molecule has 2 unspecified atom stereocenters. The van der Waals surface area contributed by atoms with E-state index in [-0.39, 0.29) is 22.3 Å². The number of carbonyl (C=O) groups is 2. The molecule has 0 spiro atoms. The lowest BCUT2D eigenvalue weighted by atomic mass is 9.84. The van der Waals surface area contributed by atoms with Gasteiger partial charge in [0, 0.05) is 16.6 Å². The Labute approximate surface area is 172 Å². The van der Waals surface area contributed by atoms with Gasteiger partial charge in [-0.05, 0) is 54.8 Å². The number of benzene rings is 2. The number of nitrogens with zero attached hydrogens (tertiary/aromatic N) is 1. The maximum atomic E-state index is 13.9. The van der Waals surface area contributed by atoms with Gasteiger partial charge in [0.25, 0.3) is 5.91 Å². The summed E-state index contributed by atoms with van der Waals surface area (Å²) in [4.78, 5) is 25.3. The first-order valence-corrected chi connectivity index (χ1v) is 9.61. The summed E-state index contributed by atoms with van der Waals surface area (Å²) in [6, 6.07) is 8.22. The molecule has 1 aromatic heterocycles. The number of fused-ring (bicyclic) bond motifs is 1. The van der Waals surface area contributed by atoms with Gasteiger partial charge in [-0.2, -0.15) is 0 Å². The molecule has 152 valence electrons. The van der Waals surface area contributed by atoms with Crippen molar-refractivity contribution in [2.75, 3.05) is 0 Å². The summed E-state index contributed by atoms with van der Waals surface area (Å²) in [7, 11) is 0. The Morgan fingerprint density at radius 1 is 1.21 bits per heavy atom. The molecule has 1 heterocycles. The van der Waals surface area contributed by atoms with Crippen LogP contribution in [0.4, 0.5) is 4.39 Å². The van der Waals surface area contributed by atoms with Crippen molar-refractivity contribution in [3.05, 3.63) is 64.1 Å². The molecule has 0 radical (unpaired) electrons. The van der Waals surface area contributed by atoms with Gasteiger partial charge in [-0.3, -0.25) is 14.2 Å². The molecule has 29 heavy (non-hydrogen) atoms. The van der Waals surface area contributed by atoms with Crippen LogP contribution in [0.25, 0.3) is 10.9 Å². The molecule has 3 aromatic rings. The first-order chi connectivity index (χ1) is 13.7. The van der Waals surface area contributed by atoms with Crippen LogP contribution < -0.4 is 0 Å². The second kappa shape index (κ2) is 7.87. The molecular weight excluding hydrogens is 397 g/mol. The van der Waals surface area contributed by atoms with Gasteiger partial charge in [-0.15, -0.1) is 0 Å². The number of hydrogen-bond acceptors (Lipinski definition) is 3. The highest BCUT2D eigenvalue weighted by Crippen LogP contribution is 2.38. The molecular formula is C22H21ClFNO4. The number of aliphatic carboxylic acids is 1. The molecule has 2 aromatic carbocycles. The highest BCUT2D eigenvalue weighted by Gasteiger charge is 2.32. The molecule has 2 atom stereocenters. The highest BCUT2D eigenvalue weighted by molar-refractivity contribution is 6.30. The van der Waals surface area contributed by atoms with Gasteiger partial charge >= 0.3 is 5.97 Å². The molecule has 0 amide bonds. The molecule has 7 heteroatoms. The molecule has 3 rings (SSSR count). The molecule has 0 aliphatic heterocycles. The van der Waals surface area contributed by atoms with Crippen LogP contribution in [-0.4, -0.2) is 26.7 Å². The zero-order chi connectivity index (χ0) is 21.5. The highest BCUT2D eigenvalue weighted by atomic mass is 35.5. The van der Waals surface area contributed by atoms with Crippen LogP contribution in [-0.2, 0) is 4.79 Å². The summed E-state index contributed by atoms with van der Waals surface area (Å²) >= 11 is 5.72. The number of halogens is 2. The summed E-state index contributed by atoms with van der Waals surface area (Å²) in [6.07, 6.45) is 0.623. The third kappa shape index (κ3) is 3.60. The smallest absolute Gasteiger partial charge is 0.311 e. The average molecular weight is 418 g/mol. The fourth-order valence-corrected chi connectivity index (χ4v) is 3.85. The predicted octanol–water partition coefficient (Wildman–Crippen LogP) is 5.35. The fourth-order valence-electron chi connectivity index (χ4n) is 3.73. The molecule has 0 fully saturated rings. The van der Waals surface area contributed by atoms with E-state index in [0.717, 1.165) is 6.07 Å². The molecule has 0 bridgehead atoms. The van der Waals surface area contributed by atoms with E-state index in [1.54, 1.807) is 13.0 Å². The summed E-state index contributed by atoms with van der Waals surface area (Å²) in [5, 5.41) is 20.3. The van der Waals surface area contributed by atoms with Crippen LogP contribution in [0.1, 0.15) is 47.8 Å². The van der Waals surface area contributed by atoms with Gasteiger partial charge in [0.05, 0.1) is 16.5 Å². The fraction of sp³-hybridized carbons (Fsp3) is 0.273. The lowest BCUT2D eigenvalue weighted by Gasteiger charge is -2.20. The van der Waals surface area contributed by atoms with E-state index in [4.69, 9.17) is 11.6 Å². The van der Waals surface area contributed by atoms with Crippen molar-refractivity contribution < 1.29 is 24.2 Å². The molecule has 0 aliphatic carbocycles. The number of phenolic OH excluding ortho intramolecular Hbond substituents is 1. The van der Waals surface area contributed by atoms with E-state index < -0.39 is 23.6 Å². The predicted molar refractivity (Wildman–Crippen MR) is 109 cm³/mol. The number of aromatic nitrogens is 1. The quantitative estimate of drug-likeness (QED) is 0.586. The lowest BCUT2D eigenvalue weighted by molar-refractivity contribution is -0.140. The van der Waals surface area contributed by atoms with Crippen LogP contribution in [0.2, 0.25) is 5.02 Å². The van der Waals surface area contributed by atoms with Crippen molar-refractivity contribution in [2.24, 2.45) is 5.92 Å². The Hall–Kier alpha value is -2.86. The van der Waals surface area contributed by atoms with Crippen molar-refractivity contribution in [1.82, 2.24) is 4.57 Å². The first kappa shape index (κ1) is 20.9. The van der Waals surface area contributed by atoms with E-state index in [9.17, 15) is 24.2 Å². The van der Waals surface area contributed by atoms with Gasteiger partial charge < -0.3 is 10.2 Å². The van der Waals surface area contributed by atoms with Crippen molar-refractivity contribution >= 4 is 34.4 Å². The zero-order valence-electron chi connectivity index (χ0n) is 16.2. The third-order valence-corrected chi connectivity index (χ3v) is 5.70. The Kier molecular flexibility index (Phi) is 5.66. The van der Waals surface area contributed by atoms with Gasteiger partial charge in [0.1, 0.15) is 11.6 Å². The average Bonchev–Trinajstić information content (AvgIpc) is 2.94. The maximum absolute atomic E-state index is 13.9. The normalized spacial score (nSPS) is 13.4. The summed E-state index contributed by atoms with van der Waals surface area (Å²) in [6.45, 7) is 5.39. The number of rotatable bonds is 5. The van der Waals surface area contributed by atoms with E-state index >= 15 is 0 Å². The van der Waals surface area contributed by atoms with Gasteiger partial charge in [0.15, 0.2) is 0 Å². The molecule has 0 saturated carbocycles. The summed E-state index contributed by atoms with van der Waals surface area (Å²) < 4.78 is 15.3. The number of phenols is 1. The number of carboxylic acid groups (broad SMARTS) is 1. The van der Waals surface area contributed by atoms with Crippen LogP contribution >= 0.6 is 11.6 Å². The van der Waals surface area contributed by atoms with Gasteiger partial charge in [-0.25, -0.2) is 4.39 Å². The standard InChI is InChI=1S/C22H21ClFNO4/c1-4-11(2)19(22(28)29)20-12(3)25(18-8-6-14(26)10-15(18)20)21(27)13-5-7-16(23)17(24)9-13/h5-11,19,26H,4H2,1-3H3,(H,28,29). The number of carboxylic acids is 1. The van der Waals surface area contributed by atoms with E-state index in [2.05, 4.69) is 0 Å². The minimum Gasteiger partial charge on any atom is -0.508 e. The number of hydrogen-bond donors (Lipinski definition) is 2. The van der Waals surface area contributed by atoms with E-state index in [1.807, 2.05) is 13.8 Å². The van der Waals surface area contributed by atoms with Gasteiger partial charge in [-0.1, -0.05) is 31.9 Å². The van der Waals surface area contributed by atoms with Crippen molar-refractivity contribution in [3.63, 3.8) is 0 Å². The topological polar surface area (TPSA) is 79.5 Å². The minimum atomic E-state index is -1.00. The summed E-state index contributed by atoms with van der Waals surface area (Å²) in [5.74, 6) is -3.32. The van der Waals surface area contributed by atoms with Crippen molar-refractivity contribution in [2.45, 2.75) is 33.1 Å². The largest absolute Gasteiger partial charge is 0.508 e. The molecule has 5 nitrogen and oxygen atoms in total. The molecule has 0 saturated heterocycles. The van der Waals surface area contributed by atoms with Crippen LogP contribution in [0.3, 0.4) is 0 Å². The maximum Gasteiger partial charge on any atom is 0.311 e. The second-order valence-electron chi connectivity index (χ2n) is 7.17. The first-order valence-electron chi connectivity index (χ1n) is 9.23. The molecule has 0 aliphatic rings. The van der Waals surface area contributed by atoms with Crippen molar-refractivity contribution in [1.29, 1.82) is 0 Å². The second-order valence-corrected chi connectivity index (χ2v) is 7.58. The Morgan fingerprint density at radius 2 is 1.90 bits per heavy atom. The lowest BCUT2D eigenvalue weighted by Crippen LogP contribution is -2.21. The summed E-state index contributed by atoms with van der Waals surface area (Å²) in [5.41, 5.74) is 1.45. The van der Waals surface area contributed by atoms with Crippen LogP contribution in [0, 0.1) is 18.7 Å². The van der Waals surface area contributed by atoms with Crippen LogP contribution in [0.15, 0.2) is 36.4 Å². The monoisotopic (exact) mass is 417 g/mol. The number of aromatic hydroxyl groups is 1. The Bertz CT molecular complexity index is 1120.